The fraction of sp³-hybridized carbons (Fsp3) is 0.643. The van der Waals surface area contributed by atoms with Gasteiger partial charge in [0.25, 0.3) is 0 Å². The van der Waals surface area contributed by atoms with Crippen LogP contribution in [0.15, 0.2) is 16.9 Å². The Labute approximate surface area is 116 Å². The Morgan fingerprint density at radius 2 is 2.30 bits per heavy atom. The van der Waals surface area contributed by atoms with Gasteiger partial charge >= 0.3 is 5.69 Å². The first-order valence-corrected chi connectivity index (χ1v) is 7.42. The van der Waals surface area contributed by atoms with Crippen LogP contribution in [0.2, 0.25) is 0 Å². The van der Waals surface area contributed by atoms with Crippen LogP contribution >= 0.6 is 0 Å². The molecule has 2 N–H and O–H groups in total. The third-order valence-corrected chi connectivity index (χ3v) is 5.08. The maximum atomic E-state index is 11.5. The van der Waals surface area contributed by atoms with Crippen LogP contribution < -0.4 is 11.0 Å². The highest BCUT2D eigenvalue weighted by Crippen LogP contribution is 2.49. The van der Waals surface area contributed by atoms with Gasteiger partial charge in [0.05, 0.1) is 0 Å². The van der Waals surface area contributed by atoms with E-state index in [1.807, 2.05) is 6.07 Å². The van der Waals surface area contributed by atoms with E-state index in [9.17, 15) is 4.79 Å². The molecule has 2 fully saturated rings. The monoisotopic (exact) mass is 273 g/mol. The van der Waals surface area contributed by atoms with Gasteiger partial charge in [-0.05, 0) is 56.1 Å². The quantitative estimate of drug-likeness (QED) is 0.891. The molecule has 106 valence electrons. The van der Waals surface area contributed by atoms with Crippen molar-refractivity contribution >= 4 is 11.5 Å². The lowest BCUT2D eigenvalue weighted by molar-refractivity contribution is 0.304. The molecule has 0 aliphatic heterocycles. The van der Waals surface area contributed by atoms with E-state index in [0.717, 1.165) is 23.6 Å². The summed E-state index contributed by atoms with van der Waals surface area (Å²) in [5.74, 6) is 3.31. The van der Waals surface area contributed by atoms with Gasteiger partial charge in [0, 0.05) is 6.04 Å². The van der Waals surface area contributed by atoms with Crippen molar-refractivity contribution in [2.75, 3.05) is 5.32 Å². The van der Waals surface area contributed by atoms with E-state index in [2.05, 4.69) is 27.5 Å². The molecule has 2 aromatic heterocycles. The van der Waals surface area contributed by atoms with Crippen LogP contribution in [0.3, 0.4) is 0 Å². The molecule has 20 heavy (non-hydrogen) atoms. The average Bonchev–Trinajstić information content (AvgIpc) is 3.15. The van der Waals surface area contributed by atoms with Crippen molar-refractivity contribution in [3.8, 4) is 0 Å². The van der Waals surface area contributed by atoms with Gasteiger partial charge in [-0.3, -0.25) is 0 Å². The Hall–Kier alpha value is -1.85. The second-order valence-corrected chi connectivity index (χ2v) is 6.29. The van der Waals surface area contributed by atoms with Gasteiger partial charge in [0.15, 0.2) is 5.65 Å². The van der Waals surface area contributed by atoms with Gasteiger partial charge in [-0.1, -0.05) is 6.42 Å². The van der Waals surface area contributed by atoms with E-state index in [1.54, 1.807) is 6.07 Å². The molecule has 2 aromatic rings. The summed E-state index contributed by atoms with van der Waals surface area (Å²) in [7, 11) is 0. The van der Waals surface area contributed by atoms with Gasteiger partial charge in [0.2, 0.25) is 0 Å². The highest BCUT2D eigenvalue weighted by Gasteiger charge is 2.41. The third-order valence-electron chi connectivity index (χ3n) is 5.08. The minimum absolute atomic E-state index is 0.295. The first kappa shape index (κ1) is 11.9. The number of hydrogen-bond acceptors (Lipinski definition) is 4. The lowest BCUT2D eigenvalue weighted by Crippen LogP contribution is -2.30. The number of fused-ring (bicyclic) bond motifs is 3. The lowest BCUT2D eigenvalue weighted by Gasteiger charge is -2.28. The maximum Gasteiger partial charge on any atom is 0.364 e. The van der Waals surface area contributed by atoms with Crippen molar-refractivity contribution in [2.24, 2.45) is 17.8 Å². The van der Waals surface area contributed by atoms with Crippen LogP contribution in [-0.2, 0) is 0 Å². The number of aromatic nitrogens is 4. The molecule has 4 rings (SSSR count). The predicted molar refractivity (Wildman–Crippen MR) is 75.6 cm³/mol. The van der Waals surface area contributed by atoms with Crippen LogP contribution in [-0.4, -0.2) is 25.9 Å². The zero-order chi connectivity index (χ0) is 13.7. The SMILES string of the molecule is CC(Nc1ccc2n[nH]c(=O)n2n1)C1CC2CCC1C2. The first-order chi connectivity index (χ1) is 9.70. The minimum Gasteiger partial charge on any atom is -0.366 e. The molecular formula is C14H19N5O. The van der Waals surface area contributed by atoms with Gasteiger partial charge in [-0.2, -0.15) is 9.61 Å². The Balaban J connectivity index is 1.54. The van der Waals surface area contributed by atoms with Gasteiger partial charge in [-0.25, -0.2) is 9.89 Å². The van der Waals surface area contributed by atoms with Gasteiger partial charge in [-0.15, -0.1) is 5.10 Å². The molecule has 2 heterocycles. The summed E-state index contributed by atoms with van der Waals surface area (Å²) in [6.45, 7) is 2.23. The maximum absolute atomic E-state index is 11.5. The number of nitrogens with one attached hydrogen (secondary N) is 2. The zero-order valence-electron chi connectivity index (χ0n) is 11.5. The molecule has 0 amide bonds. The fourth-order valence-corrected chi connectivity index (χ4v) is 4.13. The van der Waals surface area contributed by atoms with E-state index in [1.165, 1.54) is 30.2 Å². The molecule has 0 saturated heterocycles. The number of aromatic amines is 1. The van der Waals surface area contributed by atoms with E-state index in [4.69, 9.17) is 0 Å². The van der Waals surface area contributed by atoms with E-state index >= 15 is 0 Å². The number of anilines is 1. The fourth-order valence-electron chi connectivity index (χ4n) is 4.13. The smallest absolute Gasteiger partial charge is 0.364 e. The molecule has 0 radical (unpaired) electrons. The van der Waals surface area contributed by atoms with E-state index in [-0.39, 0.29) is 5.69 Å². The van der Waals surface area contributed by atoms with Crippen LogP contribution in [0.5, 0.6) is 0 Å². The van der Waals surface area contributed by atoms with Crippen LogP contribution in [0.25, 0.3) is 5.65 Å². The molecule has 6 heteroatoms. The highest BCUT2D eigenvalue weighted by atomic mass is 16.2. The number of hydrogen-bond donors (Lipinski definition) is 2. The number of nitrogens with zero attached hydrogens (tertiary/aromatic N) is 3. The molecule has 6 nitrogen and oxygen atoms in total. The van der Waals surface area contributed by atoms with Crippen molar-refractivity contribution < 1.29 is 0 Å². The molecule has 0 aromatic carbocycles. The molecule has 4 unspecified atom stereocenters. The molecule has 2 saturated carbocycles. The summed E-state index contributed by atoms with van der Waals surface area (Å²) < 4.78 is 1.30. The topological polar surface area (TPSA) is 75.1 Å². The first-order valence-electron chi connectivity index (χ1n) is 7.42. The van der Waals surface area contributed by atoms with Crippen molar-refractivity contribution in [2.45, 2.75) is 38.6 Å². The molecule has 2 aliphatic rings. The summed E-state index contributed by atoms with van der Waals surface area (Å²) in [5, 5.41) is 14.1. The van der Waals surface area contributed by atoms with Crippen molar-refractivity contribution in [3.05, 3.63) is 22.6 Å². The largest absolute Gasteiger partial charge is 0.366 e. The Kier molecular flexibility index (Phi) is 2.58. The Bertz CT molecular complexity index is 690. The Morgan fingerprint density at radius 1 is 1.40 bits per heavy atom. The van der Waals surface area contributed by atoms with Gasteiger partial charge < -0.3 is 5.32 Å². The lowest BCUT2D eigenvalue weighted by atomic mass is 9.84. The van der Waals surface area contributed by atoms with Crippen LogP contribution in [0.1, 0.15) is 32.6 Å². The van der Waals surface area contributed by atoms with Crippen molar-refractivity contribution in [3.63, 3.8) is 0 Å². The average molecular weight is 273 g/mol. The summed E-state index contributed by atoms with van der Waals surface area (Å²) in [4.78, 5) is 11.5. The van der Waals surface area contributed by atoms with E-state index in [0.29, 0.717) is 11.7 Å². The van der Waals surface area contributed by atoms with Crippen molar-refractivity contribution in [1.82, 2.24) is 19.8 Å². The van der Waals surface area contributed by atoms with Crippen LogP contribution in [0.4, 0.5) is 5.82 Å². The Morgan fingerprint density at radius 3 is 3.05 bits per heavy atom. The van der Waals surface area contributed by atoms with Gasteiger partial charge in [0.1, 0.15) is 5.82 Å². The van der Waals surface area contributed by atoms with Crippen molar-refractivity contribution in [1.29, 1.82) is 0 Å². The molecule has 4 atom stereocenters. The summed E-state index contributed by atoms with van der Waals surface area (Å²) in [6, 6.07) is 4.10. The summed E-state index contributed by atoms with van der Waals surface area (Å²) in [6.07, 6.45) is 5.55. The summed E-state index contributed by atoms with van der Waals surface area (Å²) in [5.41, 5.74) is 0.254. The molecule has 2 aliphatic carbocycles. The normalized spacial score (nSPS) is 29.9. The molecule has 0 spiro atoms. The second-order valence-electron chi connectivity index (χ2n) is 6.29. The zero-order valence-corrected chi connectivity index (χ0v) is 11.5. The molecule has 2 bridgehead atoms. The number of H-pyrrole nitrogens is 1. The van der Waals surface area contributed by atoms with E-state index < -0.39 is 0 Å². The van der Waals surface area contributed by atoms with Crippen LogP contribution in [0, 0.1) is 17.8 Å². The third kappa shape index (κ3) is 1.82. The minimum atomic E-state index is -0.295. The molecular weight excluding hydrogens is 254 g/mol. The predicted octanol–water partition coefficient (Wildman–Crippen LogP) is 1.65. The summed E-state index contributed by atoms with van der Waals surface area (Å²) >= 11 is 0. The standard InChI is InChI=1S/C14H19N5O/c1-8(11-7-9-2-3-10(11)6-9)15-12-4-5-13-16-17-14(20)19(13)18-12/h4-5,8-11H,2-3,6-7H2,1H3,(H,15,18)(H,17,20). The second kappa shape index (κ2) is 4.33. The number of rotatable bonds is 3. The highest BCUT2D eigenvalue weighted by molar-refractivity contribution is 5.43.